The summed E-state index contributed by atoms with van der Waals surface area (Å²) in [6.07, 6.45) is 0. The lowest BCUT2D eigenvalue weighted by Gasteiger charge is -2.13. The molecule has 4 heteroatoms. The topological polar surface area (TPSA) is 32.7 Å². The minimum atomic E-state index is 0.174. The summed E-state index contributed by atoms with van der Waals surface area (Å²) in [5, 5.41) is 9.56. The number of hydrogen-bond donors (Lipinski definition) is 1. The first-order chi connectivity index (χ1) is 6.54. The third-order valence-electron chi connectivity index (χ3n) is 1.83. The van der Waals surface area contributed by atoms with Crippen molar-refractivity contribution in [3.8, 4) is 11.5 Å². The molecular weight excluding hydrogens is 246 g/mol. The van der Waals surface area contributed by atoms with Gasteiger partial charge in [-0.15, -0.1) is 0 Å². The third-order valence-corrected chi connectivity index (χ3v) is 2.57. The highest BCUT2D eigenvalue weighted by Crippen LogP contribution is 2.32. The first kappa shape index (κ1) is 11.3. The van der Waals surface area contributed by atoms with Crippen molar-refractivity contribution in [3.63, 3.8) is 0 Å². The van der Waals surface area contributed by atoms with E-state index in [9.17, 15) is 5.11 Å². The summed E-state index contributed by atoms with van der Waals surface area (Å²) in [5.41, 5.74) is 1.04. The number of hydrogen-bond acceptors (Lipinski definition) is 3. The van der Waals surface area contributed by atoms with E-state index in [0.717, 1.165) is 16.6 Å². The molecule has 0 spiro atoms. The van der Waals surface area contributed by atoms with Crippen molar-refractivity contribution in [1.29, 1.82) is 0 Å². The average molecular weight is 260 g/mol. The van der Waals surface area contributed by atoms with E-state index in [0.29, 0.717) is 5.75 Å². The molecule has 14 heavy (non-hydrogen) atoms. The fourth-order valence-electron chi connectivity index (χ4n) is 1.21. The first-order valence-corrected chi connectivity index (χ1v) is 5.04. The number of rotatable bonds is 3. The number of phenolic OH excluding ortho intramolecular Hbond substituents is 1. The Morgan fingerprint density at radius 2 is 2.07 bits per heavy atom. The van der Waals surface area contributed by atoms with Gasteiger partial charge in [-0.3, -0.25) is 0 Å². The van der Waals surface area contributed by atoms with Crippen molar-refractivity contribution in [3.05, 3.63) is 22.2 Å². The van der Waals surface area contributed by atoms with Crippen LogP contribution in [0, 0.1) is 0 Å². The number of aromatic hydroxyl groups is 1. The molecule has 78 valence electrons. The zero-order chi connectivity index (χ0) is 10.7. The molecule has 3 nitrogen and oxygen atoms in total. The standard InChI is InChI=1S/C10H14BrNO2/c1-12(2)6-7-4-9(13)10(14-3)5-8(7)11/h4-5,13H,6H2,1-3H3. The molecule has 0 atom stereocenters. The van der Waals surface area contributed by atoms with Gasteiger partial charge in [0.25, 0.3) is 0 Å². The van der Waals surface area contributed by atoms with E-state index in [1.807, 2.05) is 19.0 Å². The predicted molar refractivity (Wildman–Crippen MR) is 59.7 cm³/mol. The highest BCUT2D eigenvalue weighted by Gasteiger charge is 2.08. The van der Waals surface area contributed by atoms with Crippen LogP contribution in [0.4, 0.5) is 0 Å². The molecule has 1 N–H and O–H groups in total. The van der Waals surface area contributed by atoms with E-state index in [-0.39, 0.29) is 5.75 Å². The van der Waals surface area contributed by atoms with Gasteiger partial charge >= 0.3 is 0 Å². The number of phenols is 1. The second-order valence-corrected chi connectivity index (χ2v) is 4.21. The van der Waals surface area contributed by atoms with Gasteiger partial charge in [-0.2, -0.15) is 0 Å². The summed E-state index contributed by atoms with van der Waals surface area (Å²) in [6, 6.07) is 3.48. The Balaban J connectivity index is 3.02. The number of ether oxygens (including phenoxy) is 1. The molecule has 0 aliphatic rings. The molecule has 0 heterocycles. The van der Waals surface area contributed by atoms with Gasteiger partial charge in [0.2, 0.25) is 0 Å². The van der Waals surface area contributed by atoms with Gasteiger partial charge in [-0.1, -0.05) is 15.9 Å². The van der Waals surface area contributed by atoms with Crippen molar-refractivity contribution in [1.82, 2.24) is 4.90 Å². The monoisotopic (exact) mass is 259 g/mol. The summed E-state index contributed by atoms with van der Waals surface area (Å²) < 4.78 is 5.94. The lowest BCUT2D eigenvalue weighted by Crippen LogP contribution is -2.11. The molecule has 0 aliphatic carbocycles. The Hall–Kier alpha value is -0.740. The number of methoxy groups -OCH3 is 1. The Morgan fingerprint density at radius 1 is 1.43 bits per heavy atom. The molecule has 0 fully saturated rings. The number of halogens is 1. The van der Waals surface area contributed by atoms with E-state index < -0.39 is 0 Å². The van der Waals surface area contributed by atoms with Gasteiger partial charge < -0.3 is 14.7 Å². The van der Waals surface area contributed by atoms with E-state index in [1.165, 1.54) is 7.11 Å². The zero-order valence-electron chi connectivity index (χ0n) is 8.54. The van der Waals surface area contributed by atoms with Crippen LogP contribution < -0.4 is 4.74 Å². The molecule has 0 bridgehead atoms. The van der Waals surface area contributed by atoms with E-state index in [1.54, 1.807) is 12.1 Å². The maximum atomic E-state index is 9.56. The number of benzene rings is 1. The largest absolute Gasteiger partial charge is 0.504 e. The van der Waals surface area contributed by atoms with Crippen LogP contribution >= 0.6 is 15.9 Å². The Bertz CT molecular complexity index is 326. The van der Waals surface area contributed by atoms with Crippen LogP contribution in [0.3, 0.4) is 0 Å². The van der Waals surface area contributed by atoms with Crippen LogP contribution in [0.2, 0.25) is 0 Å². The molecule has 0 aromatic heterocycles. The molecule has 0 saturated heterocycles. The summed E-state index contributed by atoms with van der Waals surface area (Å²) >= 11 is 3.43. The Labute approximate surface area is 92.4 Å². The first-order valence-electron chi connectivity index (χ1n) is 4.24. The summed E-state index contributed by atoms with van der Waals surface area (Å²) in [6.45, 7) is 0.776. The Morgan fingerprint density at radius 3 is 2.57 bits per heavy atom. The lowest BCUT2D eigenvalue weighted by atomic mass is 10.2. The molecule has 0 unspecified atom stereocenters. The quantitative estimate of drug-likeness (QED) is 0.904. The second kappa shape index (κ2) is 4.66. The van der Waals surface area contributed by atoms with Gasteiger partial charge in [0.1, 0.15) is 0 Å². The van der Waals surface area contributed by atoms with Gasteiger partial charge in [0.15, 0.2) is 11.5 Å². The fourth-order valence-corrected chi connectivity index (χ4v) is 1.66. The summed E-state index contributed by atoms with van der Waals surface area (Å²) in [5.74, 6) is 0.659. The molecule has 1 rings (SSSR count). The summed E-state index contributed by atoms with van der Waals surface area (Å²) in [4.78, 5) is 2.03. The van der Waals surface area contributed by atoms with E-state index >= 15 is 0 Å². The smallest absolute Gasteiger partial charge is 0.161 e. The van der Waals surface area contributed by atoms with Crippen LogP contribution in [-0.2, 0) is 6.54 Å². The average Bonchev–Trinajstić information content (AvgIpc) is 2.10. The van der Waals surface area contributed by atoms with Crippen molar-refractivity contribution in [2.75, 3.05) is 21.2 Å². The lowest BCUT2D eigenvalue weighted by molar-refractivity contribution is 0.369. The summed E-state index contributed by atoms with van der Waals surface area (Å²) in [7, 11) is 5.49. The van der Waals surface area contributed by atoms with Crippen LogP contribution in [0.25, 0.3) is 0 Å². The van der Waals surface area contributed by atoms with Crippen LogP contribution in [-0.4, -0.2) is 31.2 Å². The molecular formula is C10H14BrNO2. The second-order valence-electron chi connectivity index (χ2n) is 3.35. The van der Waals surface area contributed by atoms with Crippen LogP contribution in [0.5, 0.6) is 11.5 Å². The van der Waals surface area contributed by atoms with E-state index in [2.05, 4.69) is 15.9 Å². The van der Waals surface area contributed by atoms with Gasteiger partial charge in [0.05, 0.1) is 7.11 Å². The van der Waals surface area contributed by atoms with Crippen molar-refractivity contribution in [2.24, 2.45) is 0 Å². The molecule has 1 aromatic rings. The highest BCUT2D eigenvalue weighted by atomic mass is 79.9. The molecule has 0 aliphatic heterocycles. The molecule has 0 saturated carbocycles. The van der Waals surface area contributed by atoms with Crippen LogP contribution in [0.1, 0.15) is 5.56 Å². The van der Waals surface area contributed by atoms with E-state index in [4.69, 9.17) is 4.74 Å². The highest BCUT2D eigenvalue weighted by molar-refractivity contribution is 9.10. The Kier molecular flexibility index (Phi) is 3.77. The molecule has 0 radical (unpaired) electrons. The van der Waals surface area contributed by atoms with Crippen molar-refractivity contribution >= 4 is 15.9 Å². The maximum Gasteiger partial charge on any atom is 0.161 e. The number of nitrogens with zero attached hydrogens (tertiary/aromatic N) is 1. The maximum absolute atomic E-state index is 9.56. The van der Waals surface area contributed by atoms with Gasteiger partial charge in [0, 0.05) is 11.0 Å². The third kappa shape index (κ3) is 2.62. The minimum absolute atomic E-state index is 0.174. The zero-order valence-corrected chi connectivity index (χ0v) is 10.1. The fraction of sp³-hybridized carbons (Fsp3) is 0.400. The predicted octanol–water partition coefficient (Wildman–Crippen LogP) is 2.22. The van der Waals surface area contributed by atoms with Gasteiger partial charge in [-0.25, -0.2) is 0 Å². The van der Waals surface area contributed by atoms with Crippen molar-refractivity contribution in [2.45, 2.75) is 6.54 Å². The molecule has 0 amide bonds. The normalized spacial score (nSPS) is 10.6. The van der Waals surface area contributed by atoms with Crippen molar-refractivity contribution < 1.29 is 9.84 Å². The minimum Gasteiger partial charge on any atom is -0.504 e. The van der Waals surface area contributed by atoms with Gasteiger partial charge in [-0.05, 0) is 31.8 Å². The van der Waals surface area contributed by atoms with Crippen LogP contribution in [0.15, 0.2) is 16.6 Å². The molecule has 1 aromatic carbocycles. The SMILES string of the molecule is COc1cc(Br)c(CN(C)C)cc1O.